The largest absolute Gasteiger partial charge is 0.454 e. The number of nitrogens with zero attached hydrogens (tertiary/aromatic N) is 1. The molecule has 4 rings (SSSR count). The van der Waals surface area contributed by atoms with E-state index >= 15 is 0 Å². The van der Waals surface area contributed by atoms with Gasteiger partial charge >= 0.3 is 0 Å². The quantitative estimate of drug-likeness (QED) is 0.475. The van der Waals surface area contributed by atoms with E-state index in [0.29, 0.717) is 28.4 Å². The Morgan fingerprint density at radius 1 is 0.892 bits per heavy atom. The molecule has 0 aliphatic carbocycles. The molecule has 3 aromatic rings. The van der Waals surface area contributed by atoms with Crippen molar-refractivity contribution < 1.29 is 27.5 Å². The van der Waals surface area contributed by atoms with Gasteiger partial charge < -0.3 is 20.1 Å². The fraction of sp³-hybridized carbons (Fsp3) is 0.259. The van der Waals surface area contributed by atoms with Crippen LogP contribution in [0, 0.1) is 0 Å². The highest BCUT2D eigenvalue weighted by atomic mass is 32.2. The summed E-state index contributed by atoms with van der Waals surface area (Å²) in [5.74, 6) is 0.0769. The van der Waals surface area contributed by atoms with E-state index in [1.807, 2.05) is 12.1 Å². The summed E-state index contributed by atoms with van der Waals surface area (Å²) in [6.45, 7) is 5.91. The van der Waals surface area contributed by atoms with Crippen molar-refractivity contribution in [1.29, 1.82) is 0 Å². The van der Waals surface area contributed by atoms with Crippen molar-refractivity contribution in [2.75, 3.05) is 34.5 Å². The minimum absolute atomic E-state index is 0.0169. The molecule has 1 heterocycles. The van der Waals surface area contributed by atoms with Crippen molar-refractivity contribution >= 4 is 38.9 Å². The first-order valence-electron chi connectivity index (χ1n) is 11.6. The molecule has 0 radical (unpaired) electrons. The molecule has 0 aromatic heterocycles. The van der Waals surface area contributed by atoms with Gasteiger partial charge in [-0.15, -0.1) is 0 Å². The minimum Gasteiger partial charge on any atom is -0.454 e. The second-order valence-corrected chi connectivity index (χ2v) is 11.6. The predicted octanol–water partition coefficient (Wildman–Crippen LogP) is 4.37. The maximum atomic E-state index is 12.8. The van der Waals surface area contributed by atoms with E-state index in [0.717, 1.165) is 16.1 Å². The van der Waals surface area contributed by atoms with Gasteiger partial charge in [0.05, 0.1) is 11.9 Å². The molecule has 0 saturated heterocycles. The molecular formula is C27H29N3O6S. The normalized spacial score (nSPS) is 12.6. The highest BCUT2D eigenvalue weighted by Gasteiger charge is 2.24. The summed E-state index contributed by atoms with van der Waals surface area (Å²) in [5.41, 5.74) is 2.79. The summed E-state index contributed by atoms with van der Waals surface area (Å²) < 4.78 is 36.4. The lowest BCUT2D eigenvalue weighted by Crippen LogP contribution is -2.37. The van der Waals surface area contributed by atoms with Crippen molar-refractivity contribution in [2.24, 2.45) is 0 Å². The molecular weight excluding hydrogens is 494 g/mol. The van der Waals surface area contributed by atoms with Crippen LogP contribution in [0.4, 0.5) is 17.1 Å². The average Bonchev–Trinajstić information content (AvgIpc) is 3.29. The van der Waals surface area contributed by atoms with Crippen molar-refractivity contribution in [2.45, 2.75) is 26.2 Å². The predicted molar refractivity (Wildman–Crippen MR) is 143 cm³/mol. The van der Waals surface area contributed by atoms with E-state index in [9.17, 15) is 18.0 Å². The number of carbonyl (C=O) groups excluding carboxylic acids is 2. The first-order chi connectivity index (χ1) is 17.4. The van der Waals surface area contributed by atoms with E-state index < -0.39 is 22.5 Å². The molecule has 0 spiro atoms. The fourth-order valence-electron chi connectivity index (χ4n) is 3.77. The number of hydrogen-bond donors (Lipinski definition) is 2. The lowest BCUT2D eigenvalue weighted by atomic mass is 9.87. The number of carbonyl (C=O) groups is 2. The van der Waals surface area contributed by atoms with Crippen LogP contribution in [0.15, 0.2) is 66.7 Å². The monoisotopic (exact) mass is 523 g/mol. The maximum Gasteiger partial charge on any atom is 0.255 e. The number of ether oxygens (including phenoxy) is 2. The first-order valence-corrected chi connectivity index (χ1v) is 13.4. The highest BCUT2D eigenvalue weighted by Crippen LogP contribution is 2.36. The Labute approximate surface area is 216 Å². The summed E-state index contributed by atoms with van der Waals surface area (Å²) in [6.07, 6.45) is 1.02. The minimum atomic E-state index is -3.77. The third kappa shape index (κ3) is 6.39. The van der Waals surface area contributed by atoms with Gasteiger partial charge in [0.25, 0.3) is 5.91 Å². The third-order valence-electron chi connectivity index (χ3n) is 5.75. The molecule has 2 amide bonds. The molecule has 194 valence electrons. The second kappa shape index (κ2) is 10.1. The van der Waals surface area contributed by atoms with Crippen molar-refractivity contribution in [3.05, 3.63) is 77.9 Å². The SMILES string of the molecule is CC(C)(C)c1ccc(C(=O)Nc2cccc(NC(=O)CN(c3ccc4c(c3)OCO4)S(C)(=O)=O)c2)cc1. The molecule has 1 aliphatic rings. The lowest BCUT2D eigenvalue weighted by Gasteiger charge is -2.22. The van der Waals surface area contributed by atoms with Crippen LogP contribution in [0.25, 0.3) is 0 Å². The van der Waals surface area contributed by atoms with Crippen LogP contribution in [-0.4, -0.2) is 39.8 Å². The number of benzene rings is 3. The van der Waals surface area contributed by atoms with Crippen LogP contribution in [-0.2, 0) is 20.2 Å². The molecule has 2 N–H and O–H groups in total. The number of sulfonamides is 1. The molecule has 0 saturated carbocycles. The van der Waals surface area contributed by atoms with Crippen LogP contribution in [0.2, 0.25) is 0 Å². The number of amides is 2. The molecule has 10 heteroatoms. The Morgan fingerprint density at radius 3 is 2.19 bits per heavy atom. The van der Waals surface area contributed by atoms with Gasteiger partial charge in [-0.2, -0.15) is 0 Å². The van der Waals surface area contributed by atoms with E-state index in [4.69, 9.17) is 9.47 Å². The first kappa shape index (κ1) is 26.0. The van der Waals surface area contributed by atoms with Gasteiger partial charge in [-0.3, -0.25) is 13.9 Å². The van der Waals surface area contributed by atoms with Crippen LogP contribution in [0.5, 0.6) is 11.5 Å². The molecule has 0 unspecified atom stereocenters. The highest BCUT2D eigenvalue weighted by molar-refractivity contribution is 7.92. The van der Waals surface area contributed by atoms with Gasteiger partial charge in [0, 0.05) is 23.0 Å². The number of nitrogens with one attached hydrogen (secondary N) is 2. The summed E-state index contributed by atoms with van der Waals surface area (Å²) in [4.78, 5) is 25.5. The lowest BCUT2D eigenvalue weighted by molar-refractivity contribution is -0.114. The zero-order chi connectivity index (χ0) is 26.8. The average molecular weight is 524 g/mol. The third-order valence-corrected chi connectivity index (χ3v) is 6.89. The number of anilines is 3. The van der Waals surface area contributed by atoms with Gasteiger partial charge in [-0.25, -0.2) is 8.42 Å². The summed E-state index contributed by atoms with van der Waals surface area (Å²) >= 11 is 0. The molecule has 3 aromatic carbocycles. The Bertz CT molecular complexity index is 1430. The van der Waals surface area contributed by atoms with Gasteiger partial charge in [0.15, 0.2) is 11.5 Å². The molecule has 1 aliphatic heterocycles. The Kier molecular flexibility index (Phi) is 7.13. The molecule has 0 atom stereocenters. The van der Waals surface area contributed by atoms with Crippen molar-refractivity contribution in [3.8, 4) is 11.5 Å². The summed E-state index contributed by atoms with van der Waals surface area (Å²) in [7, 11) is -3.77. The topological polar surface area (TPSA) is 114 Å². The second-order valence-electron chi connectivity index (χ2n) is 9.72. The van der Waals surface area contributed by atoms with Crippen LogP contribution in [0.1, 0.15) is 36.7 Å². The summed E-state index contributed by atoms with van der Waals surface area (Å²) in [6, 6.07) is 18.7. The zero-order valence-corrected chi connectivity index (χ0v) is 21.9. The maximum absolute atomic E-state index is 12.8. The number of hydrogen-bond acceptors (Lipinski definition) is 6. The van der Waals surface area contributed by atoms with E-state index in [1.165, 1.54) is 6.07 Å². The van der Waals surface area contributed by atoms with Crippen LogP contribution < -0.4 is 24.4 Å². The van der Waals surface area contributed by atoms with Gasteiger partial charge in [0.1, 0.15) is 6.54 Å². The van der Waals surface area contributed by atoms with E-state index in [-0.39, 0.29) is 23.8 Å². The Morgan fingerprint density at radius 2 is 1.54 bits per heavy atom. The van der Waals surface area contributed by atoms with Crippen molar-refractivity contribution in [1.82, 2.24) is 0 Å². The van der Waals surface area contributed by atoms with E-state index in [1.54, 1.807) is 48.5 Å². The zero-order valence-electron chi connectivity index (χ0n) is 21.1. The standard InChI is InChI=1S/C27H29N3O6S/c1-27(2,3)19-10-8-18(9-11-19)26(32)29-21-7-5-6-20(14-21)28-25(31)16-30(37(4,33)34)22-12-13-23-24(15-22)36-17-35-23/h5-15H,16-17H2,1-4H3,(H,28,31)(H,29,32). The Balaban J connectivity index is 1.43. The Hall–Kier alpha value is -4.05. The fourth-order valence-corrected chi connectivity index (χ4v) is 4.62. The smallest absolute Gasteiger partial charge is 0.255 e. The van der Waals surface area contributed by atoms with Crippen LogP contribution >= 0.6 is 0 Å². The number of fused-ring (bicyclic) bond motifs is 1. The molecule has 9 nitrogen and oxygen atoms in total. The summed E-state index contributed by atoms with van der Waals surface area (Å²) in [5, 5.41) is 5.51. The van der Waals surface area contributed by atoms with Gasteiger partial charge in [-0.1, -0.05) is 39.0 Å². The van der Waals surface area contributed by atoms with E-state index in [2.05, 4.69) is 31.4 Å². The van der Waals surface area contributed by atoms with Gasteiger partial charge in [-0.05, 0) is 53.4 Å². The molecule has 0 fully saturated rings. The van der Waals surface area contributed by atoms with Crippen molar-refractivity contribution in [3.63, 3.8) is 0 Å². The van der Waals surface area contributed by atoms with Crippen LogP contribution in [0.3, 0.4) is 0 Å². The molecule has 0 bridgehead atoms. The number of rotatable bonds is 7. The van der Waals surface area contributed by atoms with Gasteiger partial charge in [0.2, 0.25) is 22.7 Å². The molecule has 37 heavy (non-hydrogen) atoms.